The Morgan fingerprint density at radius 2 is 1.81 bits per heavy atom. The van der Waals surface area contributed by atoms with E-state index >= 15 is 0 Å². The van der Waals surface area contributed by atoms with Crippen LogP contribution in [0.4, 0.5) is 0 Å². The number of benzene rings is 2. The lowest BCUT2D eigenvalue weighted by Crippen LogP contribution is -2.05. The number of hydrogen-bond acceptors (Lipinski definition) is 2. The van der Waals surface area contributed by atoms with E-state index < -0.39 is 0 Å². The summed E-state index contributed by atoms with van der Waals surface area (Å²) in [6.45, 7) is 1.98. The van der Waals surface area contributed by atoms with Crippen molar-refractivity contribution in [2.75, 3.05) is 6.54 Å². The van der Waals surface area contributed by atoms with Gasteiger partial charge in [-0.1, -0.05) is 48.0 Å². The van der Waals surface area contributed by atoms with Crippen LogP contribution in [-0.4, -0.2) is 16.5 Å². The van der Waals surface area contributed by atoms with E-state index in [1.54, 1.807) is 0 Å². The molecule has 1 heterocycles. The molecule has 0 aliphatic heterocycles. The molecule has 21 heavy (non-hydrogen) atoms. The smallest absolute Gasteiger partial charge is 0.209 e. The van der Waals surface area contributed by atoms with Gasteiger partial charge < -0.3 is 4.98 Å². The van der Waals surface area contributed by atoms with Gasteiger partial charge in [-0.25, -0.2) is 0 Å². The summed E-state index contributed by atoms with van der Waals surface area (Å²) in [7, 11) is 0. The highest BCUT2D eigenvalue weighted by Crippen LogP contribution is 2.32. The molecular weight excluding hydrogens is 264 g/mol. The second-order valence-electron chi connectivity index (χ2n) is 5.20. The first-order valence-electron chi connectivity index (χ1n) is 6.93. The molecular formula is C17H16N2O2. The Morgan fingerprint density at radius 1 is 1.10 bits per heavy atom. The number of aromatic nitrogens is 1. The van der Waals surface area contributed by atoms with Crippen LogP contribution < -0.4 is 0 Å². The molecule has 4 heteroatoms. The van der Waals surface area contributed by atoms with Crippen LogP contribution in [0.25, 0.3) is 22.0 Å². The van der Waals surface area contributed by atoms with Crippen LogP contribution in [-0.2, 0) is 6.42 Å². The molecule has 0 saturated carbocycles. The number of aryl methyl sites for hydroxylation is 1. The number of para-hydroxylation sites is 1. The zero-order valence-corrected chi connectivity index (χ0v) is 11.8. The van der Waals surface area contributed by atoms with E-state index in [4.69, 9.17) is 0 Å². The molecule has 0 saturated heterocycles. The third kappa shape index (κ3) is 2.65. The Bertz CT molecular complexity index is 788. The second-order valence-corrected chi connectivity index (χ2v) is 5.20. The number of rotatable bonds is 4. The molecule has 0 fully saturated rings. The maximum Gasteiger partial charge on any atom is 0.209 e. The van der Waals surface area contributed by atoms with Crippen LogP contribution in [0.1, 0.15) is 11.3 Å². The number of nitrogens with one attached hydrogen (secondary N) is 1. The minimum absolute atomic E-state index is 0.0638. The van der Waals surface area contributed by atoms with Crippen LogP contribution >= 0.6 is 0 Å². The SMILES string of the molecule is Cc1ccc(-c2c(CC[N+](=O)[O-])[nH]c3ccccc23)cc1. The van der Waals surface area contributed by atoms with Crippen molar-refractivity contribution in [2.45, 2.75) is 13.3 Å². The number of hydrogen-bond donors (Lipinski definition) is 1. The molecule has 106 valence electrons. The third-order valence-corrected chi connectivity index (χ3v) is 3.67. The number of fused-ring (bicyclic) bond motifs is 1. The van der Waals surface area contributed by atoms with E-state index in [1.165, 1.54) is 5.56 Å². The normalized spacial score (nSPS) is 10.9. The first-order valence-corrected chi connectivity index (χ1v) is 6.93. The monoisotopic (exact) mass is 280 g/mol. The van der Waals surface area contributed by atoms with Gasteiger partial charge in [0, 0.05) is 27.1 Å². The van der Waals surface area contributed by atoms with Crippen molar-refractivity contribution in [1.82, 2.24) is 4.98 Å². The van der Waals surface area contributed by atoms with Gasteiger partial charge >= 0.3 is 0 Å². The van der Waals surface area contributed by atoms with Gasteiger partial charge in [-0.15, -0.1) is 0 Å². The fraction of sp³-hybridized carbons (Fsp3) is 0.176. The topological polar surface area (TPSA) is 58.9 Å². The lowest BCUT2D eigenvalue weighted by molar-refractivity contribution is -0.479. The van der Waals surface area contributed by atoms with Crippen molar-refractivity contribution >= 4 is 10.9 Å². The number of H-pyrrole nitrogens is 1. The summed E-state index contributed by atoms with van der Waals surface area (Å²) in [5, 5.41) is 11.8. The molecule has 0 radical (unpaired) electrons. The highest BCUT2D eigenvalue weighted by Gasteiger charge is 2.14. The van der Waals surface area contributed by atoms with Gasteiger partial charge in [-0.2, -0.15) is 0 Å². The quantitative estimate of drug-likeness (QED) is 0.581. The first-order chi connectivity index (χ1) is 10.1. The Kier molecular flexibility index (Phi) is 3.44. The van der Waals surface area contributed by atoms with Gasteiger partial charge in [-0.05, 0) is 18.6 Å². The van der Waals surface area contributed by atoms with Crippen LogP contribution in [0.15, 0.2) is 48.5 Å². The predicted molar refractivity (Wildman–Crippen MR) is 84.0 cm³/mol. The van der Waals surface area contributed by atoms with Crippen molar-refractivity contribution in [2.24, 2.45) is 0 Å². The summed E-state index contributed by atoms with van der Waals surface area (Å²) < 4.78 is 0. The summed E-state index contributed by atoms with van der Waals surface area (Å²) >= 11 is 0. The Morgan fingerprint density at radius 3 is 2.52 bits per heavy atom. The predicted octanol–water partition coefficient (Wildman–Crippen LogP) is 3.96. The third-order valence-electron chi connectivity index (χ3n) is 3.67. The fourth-order valence-corrected chi connectivity index (χ4v) is 2.64. The van der Waals surface area contributed by atoms with Gasteiger partial charge in [-0.3, -0.25) is 10.1 Å². The van der Waals surface area contributed by atoms with Crippen molar-refractivity contribution in [3.63, 3.8) is 0 Å². The molecule has 2 aromatic carbocycles. The molecule has 3 aromatic rings. The van der Waals surface area contributed by atoms with E-state index in [-0.39, 0.29) is 11.5 Å². The van der Waals surface area contributed by atoms with E-state index in [0.29, 0.717) is 6.42 Å². The van der Waals surface area contributed by atoms with Gasteiger partial charge in [0.1, 0.15) is 0 Å². The van der Waals surface area contributed by atoms with Crippen molar-refractivity contribution in [1.29, 1.82) is 0 Å². The van der Waals surface area contributed by atoms with Crippen LogP contribution in [0.5, 0.6) is 0 Å². The van der Waals surface area contributed by atoms with Crippen molar-refractivity contribution in [3.05, 3.63) is 69.9 Å². The molecule has 3 rings (SSSR count). The lowest BCUT2D eigenvalue weighted by Gasteiger charge is -2.04. The van der Waals surface area contributed by atoms with Crippen molar-refractivity contribution in [3.8, 4) is 11.1 Å². The molecule has 0 aliphatic rings. The average Bonchev–Trinajstić information content (AvgIpc) is 2.84. The molecule has 0 spiro atoms. The summed E-state index contributed by atoms with van der Waals surface area (Å²) in [5.41, 5.74) is 5.32. The maximum absolute atomic E-state index is 10.7. The van der Waals surface area contributed by atoms with Crippen LogP contribution in [0.2, 0.25) is 0 Å². The number of nitro groups is 1. The average molecular weight is 280 g/mol. The van der Waals surface area contributed by atoms with Gasteiger partial charge in [0.2, 0.25) is 6.54 Å². The maximum atomic E-state index is 10.7. The summed E-state index contributed by atoms with van der Waals surface area (Å²) in [6.07, 6.45) is 0.408. The summed E-state index contributed by atoms with van der Waals surface area (Å²) in [5.74, 6) is 0. The summed E-state index contributed by atoms with van der Waals surface area (Å²) in [4.78, 5) is 13.7. The Hall–Kier alpha value is -2.62. The molecule has 0 bridgehead atoms. The molecule has 0 amide bonds. The second kappa shape index (κ2) is 5.40. The van der Waals surface area contributed by atoms with E-state index in [0.717, 1.165) is 27.7 Å². The van der Waals surface area contributed by atoms with E-state index in [1.807, 2.05) is 25.1 Å². The molecule has 0 unspecified atom stereocenters. The Labute approximate surface area is 122 Å². The van der Waals surface area contributed by atoms with Gasteiger partial charge in [0.15, 0.2) is 0 Å². The molecule has 4 nitrogen and oxygen atoms in total. The molecule has 1 N–H and O–H groups in total. The zero-order chi connectivity index (χ0) is 14.8. The zero-order valence-electron chi connectivity index (χ0n) is 11.8. The minimum atomic E-state index is -0.273. The van der Waals surface area contributed by atoms with E-state index in [9.17, 15) is 10.1 Å². The molecule has 0 aliphatic carbocycles. The highest BCUT2D eigenvalue weighted by atomic mass is 16.6. The summed E-state index contributed by atoms with van der Waals surface area (Å²) in [6, 6.07) is 16.3. The standard InChI is InChI=1S/C17H16N2O2/c1-12-6-8-13(9-7-12)17-14-4-2-3-5-15(14)18-16(17)10-11-19(20)21/h2-9,18H,10-11H2,1H3. The number of aromatic amines is 1. The van der Waals surface area contributed by atoms with E-state index in [2.05, 4.69) is 35.3 Å². The highest BCUT2D eigenvalue weighted by molar-refractivity contribution is 5.97. The van der Waals surface area contributed by atoms with Gasteiger partial charge in [0.05, 0.1) is 6.42 Å². The molecule has 1 aromatic heterocycles. The van der Waals surface area contributed by atoms with Crippen LogP contribution in [0, 0.1) is 17.0 Å². The first kappa shape index (κ1) is 13.4. The lowest BCUT2D eigenvalue weighted by atomic mass is 9.99. The van der Waals surface area contributed by atoms with Crippen LogP contribution in [0.3, 0.4) is 0 Å². The molecule has 0 atom stereocenters. The van der Waals surface area contributed by atoms with Gasteiger partial charge in [0.25, 0.3) is 0 Å². The largest absolute Gasteiger partial charge is 0.358 e. The Balaban J connectivity index is 2.15. The number of nitrogens with zero attached hydrogens (tertiary/aromatic N) is 1. The van der Waals surface area contributed by atoms with Crippen molar-refractivity contribution < 1.29 is 4.92 Å². The fourth-order valence-electron chi connectivity index (χ4n) is 2.64. The minimum Gasteiger partial charge on any atom is -0.358 e.